The van der Waals surface area contributed by atoms with Gasteiger partial charge in [0.1, 0.15) is 5.75 Å². The van der Waals surface area contributed by atoms with Gasteiger partial charge in [0.05, 0.1) is 7.11 Å². The minimum absolute atomic E-state index is 0.453. The molecule has 1 aromatic heterocycles. The van der Waals surface area contributed by atoms with Crippen LogP contribution in [-0.2, 0) is 0 Å². The molecule has 3 nitrogen and oxygen atoms in total. The highest BCUT2D eigenvalue weighted by Gasteiger charge is 2.10. The van der Waals surface area contributed by atoms with Gasteiger partial charge in [0.15, 0.2) is 0 Å². The average molecular weight is 294 g/mol. The van der Waals surface area contributed by atoms with Crippen LogP contribution < -0.4 is 10.1 Å². The molecule has 0 aliphatic carbocycles. The van der Waals surface area contributed by atoms with Crippen molar-refractivity contribution >= 4 is 16.6 Å². The van der Waals surface area contributed by atoms with E-state index in [0.29, 0.717) is 5.92 Å². The molecule has 22 heavy (non-hydrogen) atoms. The third kappa shape index (κ3) is 2.93. The predicted octanol–water partition coefficient (Wildman–Crippen LogP) is 4.78. The molecule has 1 atom stereocenters. The average Bonchev–Trinajstić information content (AvgIpc) is 3.04. The fourth-order valence-electron chi connectivity index (χ4n) is 2.89. The molecule has 3 heteroatoms. The Morgan fingerprint density at radius 1 is 1.09 bits per heavy atom. The van der Waals surface area contributed by atoms with Crippen LogP contribution in [0, 0.1) is 0 Å². The molecular formula is C19H22N2O. The molecule has 0 saturated carbocycles. The van der Waals surface area contributed by atoms with E-state index in [1.54, 1.807) is 7.11 Å². The van der Waals surface area contributed by atoms with Gasteiger partial charge in [0, 0.05) is 29.3 Å². The fraction of sp³-hybridized carbons (Fsp3) is 0.263. The summed E-state index contributed by atoms with van der Waals surface area (Å²) in [6, 6.07) is 16.7. The molecule has 0 saturated heterocycles. The number of para-hydroxylation sites is 1. The van der Waals surface area contributed by atoms with Crippen LogP contribution >= 0.6 is 0 Å². The van der Waals surface area contributed by atoms with Crippen LogP contribution in [0.15, 0.2) is 54.7 Å². The molecule has 0 aliphatic heterocycles. The maximum absolute atomic E-state index is 5.45. The molecule has 0 fully saturated rings. The van der Waals surface area contributed by atoms with E-state index in [0.717, 1.165) is 18.7 Å². The number of aromatic nitrogens is 1. The Hall–Kier alpha value is -2.42. The van der Waals surface area contributed by atoms with E-state index in [-0.39, 0.29) is 0 Å². The number of aromatic amines is 1. The van der Waals surface area contributed by atoms with Gasteiger partial charge in [-0.3, -0.25) is 0 Å². The molecule has 2 N–H and O–H groups in total. The third-order valence-electron chi connectivity index (χ3n) is 4.16. The van der Waals surface area contributed by atoms with Gasteiger partial charge in [0.2, 0.25) is 0 Å². The monoisotopic (exact) mass is 294 g/mol. The van der Waals surface area contributed by atoms with Crippen LogP contribution in [0.3, 0.4) is 0 Å². The lowest BCUT2D eigenvalue weighted by atomic mass is 9.97. The third-order valence-corrected chi connectivity index (χ3v) is 4.16. The second-order valence-electron chi connectivity index (χ2n) is 5.60. The minimum atomic E-state index is 0.453. The van der Waals surface area contributed by atoms with Crippen LogP contribution in [0.2, 0.25) is 0 Å². The summed E-state index contributed by atoms with van der Waals surface area (Å²) < 4.78 is 5.45. The highest BCUT2D eigenvalue weighted by Crippen LogP contribution is 2.29. The first-order valence-electron chi connectivity index (χ1n) is 7.72. The van der Waals surface area contributed by atoms with Crippen LogP contribution in [0.1, 0.15) is 24.8 Å². The van der Waals surface area contributed by atoms with E-state index in [1.165, 1.54) is 22.2 Å². The predicted molar refractivity (Wildman–Crippen MR) is 92.8 cm³/mol. The Kier molecular flexibility index (Phi) is 4.33. The topological polar surface area (TPSA) is 37.0 Å². The lowest BCUT2D eigenvalue weighted by molar-refractivity contribution is 0.405. The quantitative estimate of drug-likeness (QED) is 0.686. The molecule has 0 radical (unpaired) electrons. The maximum Gasteiger partial charge on any atom is 0.122 e. The second-order valence-corrected chi connectivity index (χ2v) is 5.60. The molecule has 1 heterocycles. The Balaban J connectivity index is 1.64. The smallest absolute Gasteiger partial charge is 0.122 e. The Morgan fingerprint density at radius 3 is 2.82 bits per heavy atom. The highest BCUT2D eigenvalue weighted by atomic mass is 16.5. The summed E-state index contributed by atoms with van der Waals surface area (Å²) in [6.07, 6.45) is 3.04. The van der Waals surface area contributed by atoms with Crippen molar-refractivity contribution in [2.24, 2.45) is 0 Å². The summed E-state index contributed by atoms with van der Waals surface area (Å²) in [6.45, 7) is 3.18. The van der Waals surface area contributed by atoms with Crippen LogP contribution in [0.25, 0.3) is 10.9 Å². The number of hydrogen-bond acceptors (Lipinski definition) is 2. The van der Waals surface area contributed by atoms with E-state index >= 15 is 0 Å². The Labute approximate surface area is 131 Å². The Morgan fingerprint density at radius 2 is 1.95 bits per heavy atom. The van der Waals surface area contributed by atoms with E-state index in [1.807, 2.05) is 18.3 Å². The highest BCUT2D eigenvalue weighted by molar-refractivity contribution is 5.91. The lowest BCUT2D eigenvalue weighted by Crippen LogP contribution is -2.07. The SMILES string of the molecule is COc1ccccc1C(C)CCNc1cccc2[nH]ccc12. The van der Waals surface area contributed by atoms with Crippen molar-refractivity contribution < 1.29 is 4.74 Å². The lowest BCUT2D eigenvalue weighted by Gasteiger charge is -2.16. The number of ether oxygens (including phenoxy) is 1. The first-order chi connectivity index (χ1) is 10.8. The van der Waals surface area contributed by atoms with Crippen LogP contribution in [0.5, 0.6) is 5.75 Å². The van der Waals surface area contributed by atoms with E-state index in [4.69, 9.17) is 4.74 Å². The van der Waals surface area contributed by atoms with E-state index in [2.05, 4.69) is 53.6 Å². The number of anilines is 1. The molecule has 0 amide bonds. The van der Waals surface area contributed by atoms with Crippen molar-refractivity contribution in [1.29, 1.82) is 0 Å². The van der Waals surface area contributed by atoms with Crippen molar-refractivity contribution in [1.82, 2.24) is 4.98 Å². The van der Waals surface area contributed by atoms with E-state index < -0.39 is 0 Å². The molecule has 0 aliphatic rings. The fourth-order valence-corrected chi connectivity index (χ4v) is 2.89. The van der Waals surface area contributed by atoms with Crippen LogP contribution in [0.4, 0.5) is 5.69 Å². The van der Waals surface area contributed by atoms with Gasteiger partial charge in [0.25, 0.3) is 0 Å². The molecule has 1 unspecified atom stereocenters. The van der Waals surface area contributed by atoms with Crippen molar-refractivity contribution in [3.05, 3.63) is 60.3 Å². The number of benzene rings is 2. The zero-order valence-electron chi connectivity index (χ0n) is 13.1. The van der Waals surface area contributed by atoms with Crippen molar-refractivity contribution in [3.63, 3.8) is 0 Å². The van der Waals surface area contributed by atoms with Crippen molar-refractivity contribution in [3.8, 4) is 5.75 Å². The second kappa shape index (κ2) is 6.56. The minimum Gasteiger partial charge on any atom is -0.496 e. The summed E-state index contributed by atoms with van der Waals surface area (Å²) in [7, 11) is 1.73. The zero-order chi connectivity index (χ0) is 15.4. The summed E-state index contributed by atoms with van der Waals surface area (Å²) in [5.74, 6) is 1.43. The zero-order valence-corrected chi connectivity index (χ0v) is 13.1. The first kappa shape index (κ1) is 14.5. The van der Waals surface area contributed by atoms with Crippen molar-refractivity contribution in [2.45, 2.75) is 19.3 Å². The number of fused-ring (bicyclic) bond motifs is 1. The van der Waals surface area contributed by atoms with E-state index in [9.17, 15) is 0 Å². The molecule has 114 valence electrons. The maximum atomic E-state index is 5.45. The largest absolute Gasteiger partial charge is 0.496 e. The molecule has 0 bridgehead atoms. The number of H-pyrrole nitrogens is 1. The standard InChI is InChI=1S/C19H22N2O/c1-14(15-6-3-4-9-19(15)22-2)10-12-20-17-7-5-8-18-16(17)11-13-21-18/h3-9,11,13-14,20-21H,10,12H2,1-2H3. The van der Waals surface area contributed by atoms with Gasteiger partial charge in [-0.25, -0.2) is 0 Å². The van der Waals surface area contributed by atoms with Gasteiger partial charge < -0.3 is 15.0 Å². The van der Waals surface area contributed by atoms with Crippen LogP contribution in [-0.4, -0.2) is 18.6 Å². The number of rotatable bonds is 6. The molecule has 2 aromatic carbocycles. The summed E-state index contributed by atoms with van der Waals surface area (Å²) >= 11 is 0. The molecule has 3 aromatic rings. The molecule has 3 rings (SSSR count). The van der Waals surface area contributed by atoms with Gasteiger partial charge in [-0.1, -0.05) is 31.2 Å². The Bertz CT molecular complexity index is 748. The summed E-state index contributed by atoms with van der Waals surface area (Å²) in [4.78, 5) is 3.24. The van der Waals surface area contributed by atoms with Gasteiger partial charge in [-0.05, 0) is 42.2 Å². The number of methoxy groups -OCH3 is 1. The number of hydrogen-bond donors (Lipinski definition) is 2. The van der Waals surface area contributed by atoms with Gasteiger partial charge in [-0.15, -0.1) is 0 Å². The van der Waals surface area contributed by atoms with Gasteiger partial charge >= 0.3 is 0 Å². The number of nitrogens with one attached hydrogen (secondary N) is 2. The summed E-state index contributed by atoms with van der Waals surface area (Å²) in [5, 5.41) is 4.79. The molecule has 0 spiro atoms. The van der Waals surface area contributed by atoms with Gasteiger partial charge in [-0.2, -0.15) is 0 Å². The summed E-state index contributed by atoms with van der Waals surface area (Å²) in [5.41, 5.74) is 3.63. The first-order valence-corrected chi connectivity index (χ1v) is 7.72. The normalized spacial score (nSPS) is 12.3. The molecular weight excluding hydrogens is 272 g/mol. The van der Waals surface area contributed by atoms with Crippen molar-refractivity contribution in [2.75, 3.05) is 19.0 Å².